The van der Waals surface area contributed by atoms with Crippen molar-refractivity contribution in [2.45, 2.75) is 101 Å². The number of aliphatic hydroxyl groups is 1. The van der Waals surface area contributed by atoms with Gasteiger partial charge in [0.15, 0.2) is 0 Å². The van der Waals surface area contributed by atoms with Crippen molar-refractivity contribution in [3.8, 4) is 5.69 Å². The largest absolute Gasteiger partial charge is 0.444 e. The number of aromatic nitrogens is 2. The van der Waals surface area contributed by atoms with Gasteiger partial charge in [0.05, 0.1) is 39.7 Å². The number of carbonyl (C=O) groups excluding carboxylic acids is 1. The van der Waals surface area contributed by atoms with Crippen LogP contribution in [0.15, 0.2) is 41.2 Å². The fourth-order valence-electron chi connectivity index (χ4n) is 8.35. The van der Waals surface area contributed by atoms with Crippen LogP contribution in [0.3, 0.4) is 0 Å². The molecule has 3 aliphatic heterocycles. The van der Waals surface area contributed by atoms with Crippen LogP contribution in [-0.2, 0) is 10.2 Å². The molecule has 44 heavy (non-hydrogen) atoms. The van der Waals surface area contributed by atoms with Crippen molar-refractivity contribution in [3.05, 3.63) is 68.7 Å². The van der Waals surface area contributed by atoms with Gasteiger partial charge >= 0.3 is 6.09 Å². The molecule has 8 nitrogen and oxygen atoms in total. The summed E-state index contributed by atoms with van der Waals surface area (Å²) >= 11 is 6.52. The predicted octanol–water partition coefficient (Wildman–Crippen LogP) is 6.15. The van der Waals surface area contributed by atoms with Crippen molar-refractivity contribution in [3.63, 3.8) is 0 Å². The highest BCUT2D eigenvalue weighted by molar-refractivity contribution is 6.35. The van der Waals surface area contributed by atoms with Gasteiger partial charge in [0, 0.05) is 12.6 Å². The SMILES string of the molecule is CC(C)(C)OC(=O)N1CCC(N2CCC(c3ccc4c(c3)C3(CCCCC3)c3nc(=O)c5c(Cl)cccc5n3-4)CC2)C(O)C1. The number of piperidine rings is 2. The standard InChI is InChI=1S/C35H43ClN4O4/c1-34(2,3)44-33(43)39-19-14-27(29(41)21-39)38-17-12-22(13-18-38)23-10-11-26-24(20-23)35(15-5-4-6-16-35)32-37-31(42)30-25(36)8-7-9-28(30)40(26)32/h7-11,20,22,27,29,41H,4-6,12-19,21H2,1-3H3. The van der Waals surface area contributed by atoms with Gasteiger partial charge in [-0.1, -0.05) is 49.1 Å². The maximum atomic E-state index is 13.3. The Morgan fingerprint density at radius 3 is 2.50 bits per heavy atom. The number of ether oxygens (including phenoxy) is 1. The number of nitrogens with zero attached hydrogens (tertiary/aromatic N) is 4. The summed E-state index contributed by atoms with van der Waals surface area (Å²) in [5.41, 5.74) is 3.60. The lowest BCUT2D eigenvalue weighted by Gasteiger charge is -2.44. The molecule has 7 rings (SSSR count). The molecule has 1 aliphatic carbocycles. The fourth-order valence-corrected chi connectivity index (χ4v) is 8.60. The first-order chi connectivity index (χ1) is 21.1. The predicted molar refractivity (Wildman–Crippen MR) is 172 cm³/mol. The smallest absolute Gasteiger partial charge is 0.410 e. The zero-order valence-corrected chi connectivity index (χ0v) is 26.8. The third kappa shape index (κ3) is 5.03. The summed E-state index contributed by atoms with van der Waals surface area (Å²) in [5, 5.41) is 12.0. The molecule has 1 aromatic heterocycles. The van der Waals surface area contributed by atoms with Gasteiger partial charge in [-0.05, 0) is 101 Å². The number of likely N-dealkylation sites (tertiary alicyclic amines) is 2. The molecule has 4 heterocycles. The second kappa shape index (κ2) is 11.1. The van der Waals surface area contributed by atoms with Gasteiger partial charge in [-0.2, -0.15) is 4.98 Å². The molecule has 1 N–H and O–H groups in total. The Morgan fingerprint density at radius 2 is 1.80 bits per heavy atom. The molecule has 1 amide bonds. The minimum absolute atomic E-state index is 0.0542. The van der Waals surface area contributed by atoms with Gasteiger partial charge in [0.25, 0.3) is 5.56 Å². The van der Waals surface area contributed by atoms with E-state index in [-0.39, 0.29) is 23.1 Å². The van der Waals surface area contributed by atoms with Gasteiger partial charge in [0.2, 0.25) is 0 Å². The van der Waals surface area contributed by atoms with Crippen LogP contribution in [0.5, 0.6) is 0 Å². The lowest BCUT2D eigenvalue weighted by molar-refractivity contribution is -0.0340. The van der Waals surface area contributed by atoms with Crippen LogP contribution < -0.4 is 5.56 Å². The molecule has 2 atom stereocenters. The van der Waals surface area contributed by atoms with Gasteiger partial charge in [0.1, 0.15) is 11.4 Å². The molecular formula is C35H43ClN4O4. The number of fused-ring (bicyclic) bond motifs is 7. The molecule has 9 heteroatoms. The second-order valence-electron chi connectivity index (χ2n) is 14.3. The molecule has 3 aromatic rings. The van der Waals surface area contributed by atoms with E-state index >= 15 is 0 Å². The van der Waals surface area contributed by atoms with E-state index in [0.717, 1.165) is 75.1 Å². The Kier molecular flexibility index (Phi) is 7.54. The minimum Gasteiger partial charge on any atom is -0.444 e. The topological polar surface area (TPSA) is 87.9 Å². The number of amides is 1. The van der Waals surface area contributed by atoms with Crippen molar-refractivity contribution in [1.82, 2.24) is 19.4 Å². The number of halogens is 1. The minimum atomic E-state index is -0.587. The molecule has 2 unspecified atom stereocenters. The Hall–Kier alpha value is -2.94. The van der Waals surface area contributed by atoms with Crippen molar-refractivity contribution < 1.29 is 14.6 Å². The number of hydrogen-bond donors (Lipinski definition) is 1. The highest BCUT2D eigenvalue weighted by atomic mass is 35.5. The molecule has 234 valence electrons. The van der Waals surface area contributed by atoms with E-state index in [1.165, 1.54) is 17.5 Å². The number of hydrogen-bond acceptors (Lipinski definition) is 6. The van der Waals surface area contributed by atoms with Crippen LogP contribution in [-0.4, -0.2) is 74.5 Å². The molecule has 0 bridgehead atoms. The number of aliphatic hydroxyl groups excluding tert-OH is 1. The molecule has 0 radical (unpaired) electrons. The van der Waals surface area contributed by atoms with E-state index in [1.54, 1.807) is 11.0 Å². The summed E-state index contributed by atoms with van der Waals surface area (Å²) in [6.45, 7) is 8.33. The summed E-state index contributed by atoms with van der Waals surface area (Å²) in [7, 11) is 0. The van der Waals surface area contributed by atoms with Gasteiger partial charge in [-0.25, -0.2) is 4.79 Å². The molecular weight excluding hydrogens is 576 g/mol. The van der Waals surface area contributed by atoms with Crippen LogP contribution in [0.25, 0.3) is 16.6 Å². The number of β-amino-alcohol motifs (C(OH)–C–C–N with tert-alkyl or cyclic N) is 1. The maximum Gasteiger partial charge on any atom is 0.410 e. The van der Waals surface area contributed by atoms with E-state index in [9.17, 15) is 14.7 Å². The highest BCUT2D eigenvalue weighted by Gasteiger charge is 2.47. The van der Waals surface area contributed by atoms with E-state index < -0.39 is 11.7 Å². The van der Waals surface area contributed by atoms with Crippen LogP contribution in [0, 0.1) is 0 Å². The third-order valence-corrected chi connectivity index (χ3v) is 10.8. The van der Waals surface area contributed by atoms with E-state index in [1.807, 2.05) is 32.9 Å². The summed E-state index contributed by atoms with van der Waals surface area (Å²) in [6.07, 6.45) is 7.31. The number of benzene rings is 2. The summed E-state index contributed by atoms with van der Waals surface area (Å²) in [6, 6.07) is 12.7. The van der Waals surface area contributed by atoms with Gasteiger partial charge in [-0.3, -0.25) is 14.3 Å². The van der Waals surface area contributed by atoms with E-state index in [2.05, 4.69) is 27.7 Å². The number of carbonyl (C=O) groups is 1. The van der Waals surface area contributed by atoms with Crippen molar-refractivity contribution >= 4 is 28.6 Å². The molecule has 2 saturated heterocycles. The van der Waals surface area contributed by atoms with Crippen molar-refractivity contribution in [2.75, 3.05) is 26.2 Å². The fraction of sp³-hybridized carbons (Fsp3) is 0.571. The zero-order chi connectivity index (χ0) is 30.8. The van der Waals surface area contributed by atoms with E-state index in [4.69, 9.17) is 21.3 Å². The lowest BCUT2D eigenvalue weighted by Crippen LogP contribution is -2.57. The normalized spacial score (nSPS) is 24.0. The first-order valence-electron chi connectivity index (χ1n) is 16.3. The summed E-state index contributed by atoms with van der Waals surface area (Å²) in [4.78, 5) is 34.6. The Labute approximate surface area is 264 Å². The number of rotatable bonds is 2. The zero-order valence-electron chi connectivity index (χ0n) is 26.0. The molecule has 1 saturated carbocycles. The first-order valence-corrected chi connectivity index (χ1v) is 16.7. The van der Waals surface area contributed by atoms with E-state index in [0.29, 0.717) is 29.4 Å². The quantitative estimate of drug-likeness (QED) is 0.371. The molecule has 2 aromatic carbocycles. The van der Waals surface area contributed by atoms with Crippen LogP contribution >= 0.6 is 11.6 Å². The maximum absolute atomic E-state index is 13.3. The third-order valence-electron chi connectivity index (χ3n) is 10.4. The Balaban J connectivity index is 1.11. The Bertz CT molecular complexity index is 1650. The second-order valence-corrected chi connectivity index (χ2v) is 14.7. The van der Waals surface area contributed by atoms with Crippen molar-refractivity contribution in [1.29, 1.82) is 0 Å². The van der Waals surface area contributed by atoms with Gasteiger partial charge < -0.3 is 14.7 Å². The summed E-state index contributed by atoms with van der Waals surface area (Å²) in [5.74, 6) is 1.31. The monoisotopic (exact) mass is 618 g/mol. The average Bonchev–Trinajstić information content (AvgIpc) is 3.25. The lowest BCUT2D eigenvalue weighted by atomic mass is 9.69. The average molecular weight is 619 g/mol. The molecule has 4 aliphatic rings. The molecule has 1 spiro atoms. The summed E-state index contributed by atoms with van der Waals surface area (Å²) < 4.78 is 7.74. The van der Waals surface area contributed by atoms with Gasteiger partial charge in [-0.15, -0.1) is 0 Å². The molecule has 3 fully saturated rings. The van der Waals surface area contributed by atoms with Crippen LogP contribution in [0.4, 0.5) is 4.79 Å². The van der Waals surface area contributed by atoms with Crippen molar-refractivity contribution in [2.24, 2.45) is 0 Å². The first kappa shape index (κ1) is 29.8. The van der Waals surface area contributed by atoms with Crippen LogP contribution in [0.2, 0.25) is 5.02 Å². The highest BCUT2D eigenvalue weighted by Crippen LogP contribution is 2.52. The Morgan fingerprint density at radius 1 is 1.05 bits per heavy atom. The van der Waals surface area contributed by atoms with Crippen LogP contribution in [0.1, 0.15) is 95.0 Å².